The summed E-state index contributed by atoms with van der Waals surface area (Å²) in [6.45, 7) is 7.15. The topological polar surface area (TPSA) is 44.9 Å². The summed E-state index contributed by atoms with van der Waals surface area (Å²) < 4.78 is 0. The number of aromatic amines is 1. The second kappa shape index (κ2) is 4.84. The first-order chi connectivity index (χ1) is 8.52. The highest BCUT2D eigenvalue weighted by Crippen LogP contribution is 2.18. The first kappa shape index (κ1) is 12.7. The third kappa shape index (κ3) is 2.73. The van der Waals surface area contributed by atoms with Crippen LogP contribution in [0.1, 0.15) is 37.6 Å². The molecule has 0 aliphatic heterocycles. The number of hydrogen-bond acceptors (Lipinski definition) is 1. The maximum Gasteiger partial charge on any atom is 0.251 e. The predicted octanol–water partition coefficient (Wildman–Crippen LogP) is 3.33. The van der Waals surface area contributed by atoms with Crippen molar-refractivity contribution in [2.45, 2.75) is 27.2 Å². The number of rotatable bonds is 4. The molecule has 0 aliphatic rings. The van der Waals surface area contributed by atoms with E-state index in [1.807, 2.05) is 30.5 Å². The van der Waals surface area contributed by atoms with E-state index >= 15 is 0 Å². The molecule has 0 unspecified atom stereocenters. The van der Waals surface area contributed by atoms with Gasteiger partial charge in [-0.15, -0.1) is 0 Å². The van der Waals surface area contributed by atoms with E-state index in [1.165, 1.54) is 0 Å². The van der Waals surface area contributed by atoms with Gasteiger partial charge in [-0.1, -0.05) is 20.8 Å². The van der Waals surface area contributed by atoms with E-state index in [2.05, 4.69) is 31.1 Å². The molecule has 3 nitrogen and oxygen atoms in total. The van der Waals surface area contributed by atoms with Crippen molar-refractivity contribution in [1.82, 2.24) is 10.3 Å². The molecule has 1 aromatic carbocycles. The predicted molar refractivity (Wildman–Crippen MR) is 74.7 cm³/mol. The lowest BCUT2D eigenvalue weighted by Crippen LogP contribution is -2.33. The van der Waals surface area contributed by atoms with Crippen molar-refractivity contribution in [2.75, 3.05) is 6.54 Å². The van der Waals surface area contributed by atoms with Crippen LogP contribution in [0, 0.1) is 5.41 Å². The minimum atomic E-state index is -0.000347. The van der Waals surface area contributed by atoms with Crippen molar-refractivity contribution in [3.05, 3.63) is 36.0 Å². The fourth-order valence-corrected chi connectivity index (χ4v) is 1.74. The maximum absolute atomic E-state index is 12.1. The van der Waals surface area contributed by atoms with Gasteiger partial charge in [-0.2, -0.15) is 0 Å². The van der Waals surface area contributed by atoms with Gasteiger partial charge >= 0.3 is 0 Å². The SMILES string of the molecule is CCC(C)(C)CNC(=O)c1ccc2[nH]ccc2c1. The Bertz CT molecular complexity index is 554. The Hall–Kier alpha value is -1.77. The molecule has 3 heteroatoms. The zero-order chi connectivity index (χ0) is 13.2. The average molecular weight is 244 g/mol. The number of hydrogen-bond donors (Lipinski definition) is 2. The second-order valence-electron chi connectivity index (χ2n) is 5.48. The first-order valence-corrected chi connectivity index (χ1v) is 6.37. The standard InChI is InChI=1S/C15H20N2O/c1-4-15(2,3)10-17-14(18)12-5-6-13-11(9-12)7-8-16-13/h5-9,16H,4,10H2,1-3H3,(H,17,18). The fraction of sp³-hybridized carbons (Fsp3) is 0.400. The third-order valence-corrected chi connectivity index (χ3v) is 3.50. The molecule has 0 aliphatic carbocycles. The molecule has 96 valence electrons. The number of carbonyl (C=O) groups is 1. The van der Waals surface area contributed by atoms with Gasteiger partial charge in [0.15, 0.2) is 0 Å². The van der Waals surface area contributed by atoms with Crippen LogP contribution >= 0.6 is 0 Å². The van der Waals surface area contributed by atoms with Crippen LogP contribution in [0.4, 0.5) is 0 Å². The van der Waals surface area contributed by atoms with E-state index in [1.54, 1.807) is 0 Å². The average Bonchev–Trinajstić information content (AvgIpc) is 2.83. The lowest BCUT2D eigenvalue weighted by Gasteiger charge is -2.22. The summed E-state index contributed by atoms with van der Waals surface area (Å²) in [6, 6.07) is 7.69. The van der Waals surface area contributed by atoms with E-state index in [0.717, 1.165) is 17.3 Å². The van der Waals surface area contributed by atoms with Gasteiger partial charge in [0.25, 0.3) is 5.91 Å². The summed E-state index contributed by atoms with van der Waals surface area (Å²) >= 11 is 0. The lowest BCUT2D eigenvalue weighted by atomic mass is 9.90. The van der Waals surface area contributed by atoms with Crippen LogP contribution < -0.4 is 5.32 Å². The van der Waals surface area contributed by atoms with Crippen molar-refractivity contribution in [3.63, 3.8) is 0 Å². The van der Waals surface area contributed by atoms with Gasteiger partial charge in [-0.3, -0.25) is 4.79 Å². The van der Waals surface area contributed by atoms with Gasteiger partial charge in [-0.25, -0.2) is 0 Å². The van der Waals surface area contributed by atoms with Gasteiger partial charge in [0.1, 0.15) is 0 Å². The number of nitrogens with one attached hydrogen (secondary N) is 2. The number of carbonyl (C=O) groups excluding carboxylic acids is 1. The van der Waals surface area contributed by atoms with Gasteiger partial charge in [0.2, 0.25) is 0 Å². The maximum atomic E-state index is 12.1. The summed E-state index contributed by atoms with van der Waals surface area (Å²) in [5, 5.41) is 4.06. The van der Waals surface area contributed by atoms with Gasteiger partial charge < -0.3 is 10.3 Å². The van der Waals surface area contributed by atoms with E-state index in [4.69, 9.17) is 0 Å². The Morgan fingerprint density at radius 2 is 2.11 bits per heavy atom. The van der Waals surface area contributed by atoms with Crippen LogP contribution in [0.15, 0.2) is 30.5 Å². The Labute approximate surface area is 108 Å². The highest BCUT2D eigenvalue weighted by atomic mass is 16.1. The molecule has 0 radical (unpaired) electrons. The minimum Gasteiger partial charge on any atom is -0.361 e. The Kier molecular flexibility index (Phi) is 3.41. The number of amides is 1. The molecular weight excluding hydrogens is 224 g/mol. The summed E-state index contributed by atoms with van der Waals surface area (Å²) in [5.74, 6) is -0.000347. The third-order valence-electron chi connectivity index (χ3n) is 3.50. The van der Waals surface area contributed by atoms with Crippen LogP contribution in [-0.4, -0.2) is 17.4 Å². The molecule has 0 saturated carbocycles. The highest BCUT2D eigenvalue weighted by molar-refractivity contribution is 5.98. The largest absolute Gasteiger partial charge is 0.361 e. The lowest BCUT2D eigenvalue weighted by molar-refractivity contribution is 0.0936. The van der Waals surface area contributed by atoms with Crippen LogP contribution in [0.3, 0.4) is 0 Å². The van der Waals surface area contributed by atoms with Gasteiger partial charge in [0.05, 0.1) is 0 Å². The molecule has 2 N–H and O–H groups in total. The smallest absolute Gasteiger partial charge is 0.251 e. The molecule has 1 amide bonds. The molecule has 18 heavy (non-hydrogen) atoms. The van der Waals surface area contributed by atoms with Gasteiger partial charge in [-0.05, 0) is 36.1 Å². The molecule has 0 spiro atoms. The van der Waals surface area contributed by atoms with Crippen LogP contribution in [0.5, 0.6) is 0 Å². The van der Waals surface area contributed by atoms with Crippen molar-refractivity contribution < 1.29 is 4.79 Å². The minimum absolute atomic E-state index is 0.000347. The monoisotopic (exact) mass is 244 g/mol. The second-order valence-corrected chi connectivity index (χ2v) is 5.48. The molecule has 2 aromatic rings. The summed E-state index contributed by atoms with van der Waals surface area (Å²) in [5.41, 5.74) is 1.92. The number of benzene rings is 1. The van der Waals surface area contributed by atoms with E-state index in [9.17, 15) is 4.79 Å². The summed E-state index contributed by atoms with van der Waals surface area (Å²) in [6.07, 6.45) is 2.93. The molecule has 1 heterocycles. The molecule has 0 bridgehead atoms. The summed E-state index contributed by atoms with van der Waals surface area (Å²) in [7, 11) is 0. The van der Waals surface area contributed by atoms with Crippen molar-refractivity contribution in [3.8, 4) is 0 Å². The Morgan fingerprint density at radius 3 is 2.83 bits per heavy atom. The van der Waals surface area contributed by atoms with Crippen molar-refractivity contribution >= 4 is 16.8 Å². The fourth-order valence-electron chi connectivity index (χ4n) is 1.74. The van der Waals surface area contributed by atoms with Crippen molar-refractivity contribution in [2.24, 2.45) is 5.41 Å². The van der Waals surface area contributed by atoms with Gasteiger partial charge in [0, 0.05) is 29.2 Å². The van der Waals surface area contributed by atoms with Crippen molar-refractivity contribution in [1.29, 1.82) is 0 Å². The number of fused-ring (bicyclic) bond motifs is 1. The zero-order valence-electron chi connectivity index (χ0n) is 11.2. The molecule has 0 fully saturated rings. The Balaban J connectivity index is 2.08. The van der Waals surface area contributed by atoms with E-state index in [-0.39, 0.29) is 11.3 Å². The van der Waals surface area contributed by atoms with E-state index in [0.29, 0.717) is 12.1 Å². The normalized spacial score (nSPS) is 11.7. The molecule has 1 aromatic heterocycles. The molecular formula is C15H20N2O. The quantitative estimate of drug-likeness (QED) is 0.851. The molecule has 2 rings (SSSR count). The molecule has 0 saturated heterocycles. The summed E-state index contributed by atoms with van der Waals surface area (Å²) in [4.78, 5) is 15.2. The zero-order valence-corrected chi connectivity index (χ0v) is 11.2. The number of H-pyrrole nitrogens is 1. The first-order valence-electron chi connectivity index (χ1n) is 6.37. The molecule has 0 atom stereocenters. The highest BCUT2D eigenvalue weighted by Gasteiger charge is 2.16. The van der Waals surface area contributed by atoms with Crippen LogP contribution in [0.25, 0.3) is 10.9 Å². The van der Waals surface area contributed by atoms with E-state index < -0.39 is 0 Å². The Morgan fingerprint density at radius 1 is 1.33 bits per heavy atom. The van der Waals surface area contributed by atoms with Crippen LogP contribution in [0.2, 0.25) is 0 Å². The van der Waals surface area contributed by atoms with Crippen LogP contribution in [-0.2, 0) is 0 Å². The number of aromatic nitrogens is 1.